The zero-order valence-corrected chi connectivity index (χ0v) is 12.4. The van der Waals surface area contributed by atoms with Crippen molar-refractivity contribution in [2.75, 3.05) is 13.2 Å². The molecule has 4 nitrogen and oxygen atoms in total. The summed E-state index contributed by atoms with van der Waals surface area (Å²) < 4.78 is 5.48. The summed E-state index contributed by atoms with van der Waals surface area (Å²) in [7, 11) is 0. The zero-order valence-electron chi connectivity index (χ0n) is 12.4. The van der Waals surface area contributed by atoms with Crippen molar-refractivity contribution < 1.29 is 14.6 Å². The van der Waals surface area contributed by atoms with Crippen molar-refractivity contribution in [1.82, 2.24) is 5.32 Å². The van der Waals surface area contributed by atoms with Crippen LogP contribution in [0.2, 0.25) is 0 Å². The number of nitrogens with one attached hydrogen (secondary N) is 1. The molecule has 4 heteroatoms. The summed E-state index contributed by atoms with van der Waals surface area (Å²) in [5.74, 6) is -0.789. The Morgan fingerprint density at radius 2 is 1.95 bits per heavy atom. The topological polar surface area (TPSA) is 58.6 Å². The third-order valence-electron chi connectivity index (χ3n) is 2.97. The van der Waals surface area contributed by atoms with Gasteiger partial charge in [-0.2, -0.15) is 0 Å². The Hall–Kier alpha value is -1.39. The predicted molar refractivity (Wildman–Crippen MR) is 79.8 cm³/mol. The van der Waals surface area contributed by atoms with E-state index in [9.17, 15) is 4.79 Å². The van der Waals surface area contributed by atoms with E-state index < -0.39 is 5.97 Å². The van der Waals surface area contributed by atoms with Gasteiger partial charge in [0.2, 0.25) is 0 Å². The number of unbranched alkanes of at least 4 members (excludes halogenated alkanes) is 1. The molecule has 0 saturated carbocycles. The average Bonchev–Trinajstić information content (AvgIpc) is 2.38. The molecule has 20 heavy (non-hydrogen) atoms. The van der Waals surface area contributed by atoms with Crippen LogP contribution in [-0.4, -0.2) is 30.3 Å². The summed E-state index contributed by atoms with van der Waals surface area (Å²) in [5, 5.41) is 12.2. The summed E-state index contributed by atoms with van der Waals surface area (Å²) in [6.45, 7) is 6.52. The van der Waals surface area contributed by atoms with E-state index in [4.69, 9.17) is 9.84 Å². The van der Waals surface area contributed by atoms with Gasteiger partial charge in [0.15, 0.2) is 0 Å². The third-order valence-corrected chi connectivity index (χ3v) is 2.97. The van der Waals surface area contributed by atoms with E-state index in [2.05, 4.69) is 5.32 Å². The van der Waals surface area contributed by atoms with Crippen molar-refractivity contribution >= 4 is 5.97 Å². The van der Waals surface area contributed by atoms with Gasteiger partial charge in [0.1, 0.15) is 0 Å². The second-order valence-electron chi connectivity index (χ2n) is 5.14. The van der Waals surface area contributed by atoms with Crippen LogP contribution in [0.3, 0.4) is 0 Å². The average molecular weight is 279 g/mol. The molecule has 1 rings (SSSR count). The van der Waals surface area contributed by atoms with Gasteiger partial charge in [0, 0.05) is 13.2 Å². The molecule has 0 amide bonds. The molecule has 0 heterocycles. The van der Waals surface area contributed by atoms with Crippen molar-refractivity contribution in [2.24, 2.45) is 0 Å². The number of carboxylic acid groups (broad SMARTS) is 1. The SMILES string of the molecule is CC(C)OCCCCNCc1ccccc1CC(=O)O. The maximum absolute atomic E-state index is 10.8. The fraction of sp³-hybridized carbons (Fsp3) is 0.562. The molecule has 112 valence electrons. The van der Waals surface area contributed by atoms with Crippen molar-refractivity contribution in [3.63, 3.8) is 0 Å². The molecule has 0 saturated heterocycles. The molecule has 0 fully saturated rings. The van der Waals surface area contributed by atoms with Gasteiger partial charge in [0.25, 0.3) is 0 Å². The van der Waals surface area contributed by atoms with Gasteiger partial charge < -0.3 is 15.2 Å². The van der Waals surface area contributed by atoms with E-state index in [1.54, 1.807) is 0 Å². The standard InChI is InChI=1S/C16H25NO3/c1-13(2)20-10-6-5-9-17-12-15-8-4-3-7-14(15)11-16(18)19/h3-4,7-8,13,17H,5-6,9-12H2,1-2H3,(H,18,19). The van der Waals surface area contributed by atoms with Crippen LogP contribution < -0.4 is 5.32 Å². The number of rotatable bonds is 10. The van der Waals surface area contributed by atoms with Crippen molar-refractivity contribution in [1.29, 1.82) is 0 Å². The largest absolute Gasteiger partial charge is 0.481 e. The highest BCUT2D eigenvalue weighted by atomic mass is 16.5. The van der Waals surface area contributed by atoms with Crippen molar-refractivity contribution in [3.8, 4) is 0 Å². The van der Waals surface area contributed by atoms with E-state index in [0.29, 0.717) is 12.6 Å². The third kappa shape index (κ3) is 7.26. The molecule has 2 N–H and O–H groups in total. The first kappa shape index (κ1) is 16.7. The fourth-order valence-corrected chi connectivity index (χ4v) is 1.96. The summed E-state index contributed by atoms with van der Waals surface area (Å²) in [5.41, 5.74) is 1.95. The Morgan fingerprint density at radius 3 is 2.60 bits per heavy atom. The normalized spacial score (nSPS) is 10.9. The number of benzene rings is 1. The first-order valence-corrected chi connectivity index (χ1v) is 7.20. The van der Waals surface area contributed by atoms with E-state index in [-0.39, 0.29) is 6.42 Å². The van der Waals surface area contributed by atoms with Crippen LogP contribution in [0.25, 0.3) is 0 Å². The highest BCUT2D eigenvalue weighted by Crippen LogP contribution is 2.09. The van der Waals surface area contributed by atoms with Crippen LogP contribution in [0.1, 0.15) is 37.8 Å². The number of carbonyl (C=O) groups is 1. The minimum atomic E-state index is -0.789. The van der Waals surface area contributed by atoms with Gasteiger partial charge in [-0.15, -0.1) is 0 Å². The van der Waals surface area contributed by atoms with Crippen LogP contribution in [0.15, 0.2) is 24.3 Å². The lowest BCUT2D eigenvalue weighted by atomic mass is 10.0. The van der Waals surface area contributed by atoms with Crippen molar-refractivity contribution in [2.45, 2.75) is 45.8 Å². The number of aliphatic carboxylic acids is 1. The molecule has 0 aliphatic heterocycles. The van der Waals surface area contributed by atoms with Crippen LogP contribution in [0, 0.1) is 0 Å². The Bertz CT molecular complexity index is 404. The lowest BCUT2D eigenvalue weighted by molar-refractivity contribution is -0.136. The number of hydrogen-bond donors (Lipinski definition) is 2. The Labute approximate surface area is 121 Å². The Kier molecular flexibility index (Phi) is 7.92. The molecule has 0 radical (unpaired) electrons. The second kappa shape index (κ2) is 9.50. The first-order valence-electron chi connectivity index (χ1n) is 7.20. The highest BCUT2D eigenvalue weighted by molar-refractivity contribution is 5.70. The highest BCUT2D eigenvalue weighted by Gasteiger charge is 2.05. The number of carboxylic acids is 1. The Morgan fingerprint density at radius 1 is 1.25 bits per heavy atom. The molecule has 0 atom stereocenters. The smallest absolute Gasteiger partial charge is 0.307 e. The summed E-state index contributed by atoms with van der Waals surface area (Å²) in [6, 6.07) is 7.68. The lowest BCUT2D eigenvalue weighted by Crippen LogP contribution is -2.17. The Balaban J connectivity index is 2.23. The van der Waals surface area contributed by atoms with Gasteiger partial charge >= 0.3 is 5.97 Å². The summed E-state index contributed by atoms with van der Waals surface area (Å²) in [4.78, 5) is 10.8. The van der Waals surface area contributed by atoms with Crippen LogP contribution in [-0.2, 0) is 22.5 Å². The molecular weight excluding hydrogens is 254 g/mol. The number of hydrogen-bond acceptors (Lipinski definition) is 3. The zero-order chi connectivity index (χ0) is 14.8. The first-order chi connectivity index (χ1) is 9.59. The molecule has 1 aromatic rings. The predicted octanol–water partition coefficient (Wildman–Crippen LogP) is 2.61. The van der Waals surface area contributed by atoms with Gasteiger partial charge in [-0.1, -0.05) is 24.3 Å². The molecule has 0 aliphatic rings. The van der Waals surface area contributed by atoms with E-state index >= 15 is 0 Å². The molecule has 0 unspecified atom stereocenters. The van der Waals surface area contributed by atoms with Gasteiger partial charge in [-0.05, 0) is 44.4 Å². The van der Waals surface area contributed by atoms with E-state index in [1.165, 1.54) is 0 Å². The van der Waals surface area contributed by atoms with Crippen LogP contribution in [0.4, 0.5) is 0 Å². The maximum atomic E-state index is 10.8. The minimum Gasteiger partial charge on any atom is -0.481 e. The molecular formula is C16H25NO3. The monoisotopic (exact) mass is 279 g/mol. The molecule has 1 aromatic carbocycles. The quantitative estimate of drug-likeness (QED) is 0.646. The number of ether oxygens (including phenoxy) is 1. The van der Waals surface area contributed by atoms with Gasteiger partial charge in [0.05, 0.1) is 12.5 Å². The van der Waals surface area contributed by atoms with Gasteiger partial charge in [-0.3, -0.25) is 4.79 Å². The minimum absolute atomic E-state index is 0.0834. The molecule has 0 aromatic heterocycles. The van der Waals surface area contributed by atoms with Crippen LogP contribution >= 0.6 is 0 Å². The molecule has 0 spiro atoms. The van der Waals surface area contributed by atoms with E-state index in [1.807, 2.05) is 38.1 Å². The summed E-state index contributed by atoms with van der Waals surface area (Å²) in [6.07, 6.45) is 2.49. The maximum Gasteiger partial charge on any atom is 0.307 e. The lowest BCUT2D eigenvalue weighted by Gasteiger charge is -2.10. The second-order valence-corrected chi connectivity index (χ2v) is 5.14. The fourth-order valence-electron chi connectivity index (χ4n) is 1.96. The van der Waals surface area contributed by atoms with E-state index in [0.717, 1.165) is 37.1 Å². The van der Waals surface area contributed by atoms with Crippen LogP contribution in [0.5, 0.6) is 0 Å². The van der Waals surface area contributed by atoms with Crippen molar-refractivity contribution in [3.05, 3.63) is 35.4 Å². The molecule has 0 bridgehead atoms. The summed E-state index contributed by atoms with van der Waals surface area (Å²) >= 11 is 0. The van der Waals surface area contributed by atoms with Gasteiger partial charge in [-0.25, -0.2) is 0 Å². The molecule has 0 aliphatic carbocycles.